The van der Waals surface area contributed by atoms with Crippen molar-refractivity contribution in [3.63, 3.8) is 0 Å². The van der Waals surface area contributed by atoms with E-state index in [2.05, 4.69) is 10.3 Å². The zero-order valence-electron chi connectivity index (χ0n) is 8.07. The van der Waals surface area contributed by atoms with Crippen molar-refractivity contribution in [2.75, 3.05) is 0 Å². The van der Waals surface area contributed by atoms with Crippen LogP contribution in [-0.2, 0) is 6.54 Å². The van der Waals surface area contributed by atoms with Crippen LogP contribution in [0.3, 0.4) is 0 Å². The lowest BCUT2D eigenvalue weighted by Gasteiger charge is -1.93. The number of aryl methyl sites for hydroxylation is 2. The summed E-state index contributed by atoms with van der Waals surface area (Å²) in [6.07, 6.45) is 0. The summed E-state index contributed by atoms with van der Waals surface area (Å²) in [4.78, 5) is 11.3. The third-order valence-electron chi connectivity index (χ3n) is 2.01. The minimum absolute atomic E-state index is 0.0526. The van der Waals surface area contributed by atoms with Crippen LogP contribution >= 0.6 is 0 Å². The lowest BCUT2D eigenvalue weighted by Crippen LogP contribution is -2.13. The van der Waals surface area contributed by atoms with E-state index in [4.69, 9.17) is 4.52 Å². The smallest absolute Gasteiger partial charge is 0.267 e. The summed E-state index contributed by atoms with van der Waals surface area (Å²) >= 11 is 0. The van der Waals surface area contributed by atoms with Gasteiger partial charge in [0.2, 0.25) is 0 Å². The molecule has 0 aliphatic heterocycles. The van der Waals surface area contributed by atoms with Gasteiger partial charge in [0.15, 0.2) is 0 Å². The normalized spacial score (nSPS) is 10.7. The monoisotopic (exact) mass is 193 g/mol. The highest BCUT2D eigenvalue weighted by molar-refractivity contribution is 5.52. The molecule has 0 fully saturated rings. The molecule has 5 heteroatoms. The van der Waals surface area contributed by atoms with Crippen LogP contribution in [-0.4, -0.2) is 14.9 Å². The van der Waals surface area contributed by atoms with E-state index < -0.39 is 0 Å². The van der Waals surface area contributed by atoms with Gasteiger partial charge in [-0.15, -0.1) is 0 Å². The molecule has 74 valence electrons. The van der Waals surface area contributed by atoms with E-state index in [-0.39, 0.29) is 5.56 Å². The molecule has 2 heterocycles. The molecule has 0 saturated carbocycles. The lowest BCUT2D eigenvalue weighted by molar-refractivity contribution is 0.399. The van der Waals surface area contributed by atoms with Gasteiger partial charge >= 0.3 is 0 Å². The second-order valence-corrected chi connectivity index (χ2v) is 3.08. The van der Waals surface area contributed by atoms with Gasteiger partial charge in [0.1, 0.15) is 11.5 Å². The minimum atomic E-state index is -0.0526. The van der Waals surface area contributed by atoms with Crippen molar-refractivity contribution in [3.05, 3.63) is 28.2 Å². The van der Waals surface area contributed by atoms with Crippen molar-refractivity contribution >= 4 is 0 Å². The fourth-order valence-electron chi connectivity index (χ4n) is 1.29. The summed E-state index contributed by atoms with van der Waals surface area (Å²) < 4.78 is 6.43. The molecule has 0 amide bonds. The average molecular weight is 193 g/mol. The van der Waals surface area contributed by atoms with E-state index in [1.165, 1.54) is 10.7 Å². The summed E-state index contributed by atoms with van der Waals surface area (Å²) in [5, 5.41) is 6.76. The first-order valence-corrected chi connectivity index (χ1v) is 4.44. The molecule has 14 heavy (non-hydrogen) atoms. The number of hydrogen-bond donors (Lipinski definition) is 1. The molecule has 2 aromatic heterocycles. The number of aromatic amines is 1. The van der Waals surface area contributed by atoms with Crippen LogP contribution in [0.5, 0.6) is 0 Å². The standard InChI is InChI=1S/C9H11N3O2/c1-3-12-9(13)5-7(10-12)8-4-6(2)14-11-8/h4-5,10H,3H2,1-2H3. The van der Waals surface area contributed by atoms with Gasteiger partial charge in [-0.2, -0.15) is 0 Å². The molecule has 0 atom stereocenters. The van der Waals surface area contributed by atoms with E-state index in [9.17, 15) is 4.79 Å². The Labute approximate surface area is 80.3 Å². The van der Waals surface area contributed by atoms with Crippen LogP contribution in [0, 0.1) is 6.92 Å². The molecule has 0 aromatic carbocycles. The van der Waals surface area contributed by atoms with Crippen LogP contribution in [0.4, 0.5) is 0 Å². The molecule has 0 saturated heterocycles. The molecule has 2 rings (SSSR count). The van der Waals surface area contributed by atoms with Crippen molar-refractivity contribution in [2.45, 2.75) is 20.4 Å². The molecule has 2 aromatic rings. The number of H-pyrrole nitrogens is 1. The average Bonchev–Trinajstić information content (AvgIpc) is 2.71. The van der Waals surface area contributed by atoms with Crippen LogP contribution in [0.2, 0.25) is 0 Å². The molecular weight excluding hydrogens is 182 g/mol. The van der Waals surface area contributed by atoms with Crippen molar-refractivity contribution in [2.24, 2.45) is 0 Å². The van der Waals surface area contributed by atoms with Gasteiger partial charge in [-0.3, -0.25) is 14.6 Å². The number of hydrogen-bond acceptors (Lipinski definition) is 3. The zero-order chi connectivity index (χ0) is 10.1. The molecule has 0 unspecified atom stereocenters. The maximum absolute atomic E-state index is 11.3. The molecule has 0 spiro atoms. The van der Waals surface area contributed by atoms with E-state index in [0.29, 0.717) is 17.9 Å². The molecule has 0 aliphatic rings. The number of rotatable bonds is 2. The number of nitrogens with one attached hydrogen (secondary N) is 1. The highest BCUT2D eigenvalue weighted by Gasteiger charge is 2.07. The fraction of sp³-hybridized carbons (Fsp3) is 0.333. The van der Waals surface area contributed by atoms with Gasteiger partial charge in [-0.1, -0.05) is 5.16 Å². The predicted molar refractivity (Wildman–Crippen MR) is 51.0 cm³/mol. The van der Waals surface area contributed by atoms with Crippen molar-refractivity contribution in [1.29, 1.82) is 0 Å². The van der Waals surface area contributed by atoms with Gasteiger partial charge in [-0.05, 0) is 13.8 Å². The van der Waals surface area contributed by atoms with Gasteiger partial charge in [-0.25, -0.2) is 0 Å². The van der Waals surface area contributed by atoms with E-state index in [0.717, 1.165) is 5.76 Å². The summed E-state index contributed by atoms with van der Waals surface area (Å²) in [7, 11) is 0. The highest BCUT2D eigenvalue weighted by atomic mass is 16.5. The van der Waals surface area contributed by atoms with Crippen LogP contribution in [0.1, 0.15) is 12.7 Å². The summed E-state index contributed by atoms with van der Waals surface area (Å²) in [5.74, 6) is 0.727. The second kappa shape index (κ2) is 3.17. The Morgan fingerprint density at radius 3 is 2.86 bits per heavy atom. The van der Waals surface area contributed by atoms with Crippen molar-refractivity contribution < 1.29 is 4.52 Å². The number of nitrogens with zero attached hydrogens (tertiary/aromatic N) is 2. The summed E-state index contributed by atoms with van der Waals surface area (Å²) in [6.45, 7) is 4.33. The zero-order valence-corrected chi connectivity index (χ0v) is 8.07. The predicted octanol–water partition coefficient (Wildman–Crippen LogP) is 1.16. The first-order valence-electron chi connectivity index (χ1n) is 4.44. The Balaban J connectivity index is 2.47. The number of aromatic nitrogens is 3. The Morgan fingerprint density at radius 2 is 2.36 bits per heavy atom. The van der Waals surface area contributed by atoms with Gasteiger partial charge in [0, 0.05) is 18.7 Å². The van der Waals surface area contributed by atoms with E-state index in [1.54, 1.807) is 6.07 Å². The molecule has 0 bridgehead atoms. The minimum Gasteiger partial charge on any atom is -0.361 e. The first kappa shape index (κ1) is 8.80. The van der Waals surface area contributed by atoms with Gasteiger partial charge in [0.25, 0.3) is 5.56 Å². The van der Waals surface area contributed by atoms with E-state index >= 15 is 0 Å². The molecule has 0 aliphatic carbocycles. The highest BCUT2D eigenvalue weighted by Crippen LogP contribution is 2.14. The molecule has 5 nitrogen and oxygen atoms in total. The van der Waals surface area contributed by atoms with Crippen LogP contribution in [0.15, 0.2) is 21.5 Å². The Hall–Kier alpha value is -1.78. The van der Waals surface area contributed by atoms with Crippen molar-refractivity contribution in [1.82, 2.24) is 14.9 Å². The third-order valence-corrected chi connectivity index (χ3v) is 2.01. The fourth-order valence-corrected chi connectivity index (χ4v) is 1.29. The van der Waals surface area contributed by atoms with E-state index in [1.807, 2.05) is 13.8 Å². The second-order valence-electron chi connectivity index (χ2n) is 3.08. The third kappa shape index (κ3) is 1.37. The first-order chi connectivity index (χ1) is 6.70. The maximum atomic E-state index is 11.3. The quantitative estimate of drug-likeness (QED) is 0.778. The molecular formula is C9H11N3O2. The van der Waals surface area contributed by atoms with Gasteiger partial charge < -0.3 is 4.52 Å². The Morgan fingerprint density at radius 1 is 1.57 bits per heavy atom. The largest absolute Gasteiger partial charge is 0.361 e. The SMILES string of the molecule is CCn1[nH]c(-c2cc(C)on2)cc1=O. The topological polar surface area (TPSA) is 63.8 Å². The van der Waals surface area contributed by atoms with Crippen molar-refractivity contribution in [3.8, 4) is 11.4 Å². The Bertz CT molecular complexity index is 492. The summed E-state index contributed by atoms with van der Waals surface area (Å²) in [6, 6.07) is 3.30. The molecule has 0 radical (unpaired) electrons. The molecule has 1 N–H and O–H groups in total. The van der Waals surface area contributed by atoms with Gasteiger partial charge in [0.05, 0.1) is 5.69 Å². The lowest BCUT2D eigenvalue weighted by atomic mass is 10.3. The van der Waals surface area contributed by atoms with Crippen LogP contribution in [0.25, 0.3) is 11.4 Å². The maximum Gasteiger partial charge on any atom is 0.267 e. The summed E-state index contributed by atoms with van der Waals surface area (Å²) in [5.41, 5.74) is 1.30. The van der Waals surface area contributed by atoms with Crippen LogP contribution < -0.4 is 5.56 Å². The Kier molecular flexibility index (Phi) is 1.99.